The van der Waals surface area contributed by atoms with Crippen molar-refractivity contribution in [1.82, 2.24) is 14.9 Å². The Morgan fingerprint density at radius 2 is 1.72 bits per heavy atom. The predicted molar refractivity (Wildman–Crippen MR) is 109 cm³/mol. The van der Waals surface area contributed by atoms with Crippen molar-refractivity contribution in [3.05, 3.63) is 84.4 Å². The average Bonchev–Trinajstić information content (AvgIpc) is 3.58. The highest BCUT2D eigenvalue weighted by Crippen LogP contribution is 2.30. The summed E-state index contributed by atoms with van der Waals surface area (Å²) in [6.07, 6.45) is 6.67. The number of carbonyl (C=O) groups is 1. The topological polar surface area (TPSA) is 92.3 Å². The Hall–Kier alpha value is -3.26. The van der Waals surface area contributed by atoms with E-state index in [-0.39, 0.29) is 16.8 Å². The van der Waals surface area contributed by atoms with Crippen LogP contribution < -0.4 is 4.72 Å². The lowest BCUT2D eigenvalue weighted by Crippen LogP contribution is -2.32. The normalized spacial score (nSPS) is 13.7. The van der Waals surface area contributed by atoms with E-state index < -0.39 is 10.0 Å². The molecule has 1 fully saturated rings. The Labute approximate surface area is 169 Å². The fraction of sp³-hybridized carbons (Fsp3) is 0.190. The largest absolute Gasteiger partial charge is 0.330 e. The zero-order valence-electron chi connectivity index (χ0n) is 15.6. The Balaban J connectivity index is 1.51. The number of pyridine rings is 2. The molecule has 29 heavy (non-hydrogen) atoms. The van der Waals surface area contributed by atoms with Crippen molar-refractivity contribution in [3.8, 4) is 0 Å². The summed E-state index contributed by atoms with van der Waals surface area (Å²) in [6, 6.07) is 15.0. The summed E-state index contributed by atoms with van der Waals surface area (Å²) in [5.74, 6) is -0.121. The second-order valence-electron chi connectivity index (χ2n) is 6.85. The van der Waals surface area contributed by atoms with E-state index >= 15 is 0 Å². The van der Waals surface area contributed by atoms with Crippen LogP contribution in [0.25, 0.3) is 0 Å². The number of rotatable bonds is 7. The van der Waals surface area contributed by atoms with Crippen molar-refractivity contribution >= 4 is 21.6 Å². The van der Waals surface area contributed by atoms with E-state index in [2.05, 4.69) is 14.7 Å². The van der Waals surface area contributed by atoms with Gasteiger partial charge in [-0.25, -0.2) is 8.42 Å². The second-order valence-corrected chi connectivity index (χ2v) is 8.53. The molecule has 0 atom stereocenters. The molecule has 1 N–H and O–H groups in total. The van der Waals surface area contributed by atoms with Crippen molar-refractivity contribution in [3.63, 3.8) is 0 Å². The average molecular weight is 408 g/mol. The van der Waals surface area contributed by atoms with Crippen LogP contribution in [0.3, 0.4) is 0 Å². The maximum Gasteiger partial charge on any atom is 0.261 e. The van der Waals surface area contributed by atoms with Crippen LogP contribution in [0.2, 0.25) is 0 Å². The summed E-state index contributed by atoms with van der Waals surface area (Å²) < 4.78 is 27.6. The molecule has 0 unspecified atom stereocenters. The summed E-state index contributed by atoms with van der Waals surface area (Å²) in [5, 5.41) is 0. The Bertz CT molecular complexity index is 1080. The second kappa shape index (κ2) is 8.00. The first kappa shape index (κ1) is 19.1. The summed E-state index contributed by atoms with van der Waals surface area (Å²) >= 11 is 0. The molecule has 0 aliphatic heterocycles. The maximum atomic E-state index is 13.0. The Kier molecular flexibility index (Phi) is 5.26. The highest BCUT2D eigenvalue weighted by molar-refractivity contribution is 7.92. The number of carbonyl (C=O) groups excluding carboxylic acids is 1. The van der Waals surface area contributed by atoms with Gasteiger partial charge in [-0.3, -0.25) is 19.5 Å². The molecule has 2 aromatic heterocycles. The van der Waals surface area contributed by atoms with E-state index in [4.69, 9.17) is 0 Å². The minimum Gasteiger partial charge on any atom is -0.330 e. The van der Waals surface area contributed by atoms with Crippen LogP contribution in [0.4, 0.5) is 5.69 Å². The minimum absolute atomic E-state index is 0.0913. The van der Waals surface area contributed by atoms with Gasteiger partial charge in [0.1, 0.15) is 0 Å². The van der Waals surface area contributed by atoms with Gasteiger partial charge < -0.3 is 4.90 Å². The molecule has 4 rings (SSSR count). The number of aromatic nitrogens is 2. The number of hydrogen-bond donors (Lipinski definition) is 1. The van der Waals surface area contributed by atoms with E-state index in [0.717, 1.165) is 18.5 Å². The van der Waals surface area contributed by atoms with E-state index in [1.165, 1.54) is 24.5 Å². The van der Waals surface area contributed by atoms with Crippen molar-refractivity contribution in [2.75, 3.05) is 4.72 Å². The molecular formula is C21H20N4O3S. The molecular weight excluding hydrogens is 388 g/mol. The number of hydrogen-bond acceptors (Lipinski definition) is 5. The van der Waals surface area contributed by atoms with Crippen molar-refractivity contribution in [2.45, 2.75) is 30.3 Å². The molecule has 1 aromatic carbocycles. The van der Waals surface area contributed by atoms with Crippen LogP contribution in [0, 0.1) is 0 Å². The molecule has 1 aliphatic rings. The molecule has 0 radical (unpaired) electrons. The van der Waals surface area contributed by atoms with Crippen LogP contribution in [0.5, 0.6) is 0 Å². The van der Waals surface area contributed by atoms with Crippen LogP contribution in [-0.2, 0) is 16.6 Å². The fourth-order valence-corrected chi connectivity index (χ4v) is 4.05. The summed E-state index contributed by atoms with van der Waals surface area (Å²) in [7, 11) is -3.74. The standard InChI is InChI=1S/C21H20N4O3S/c26-21(25(19-6-7-19)15-18-3-1-2-12-23-18)16-4-8-20(9-5-16)29(27,28)24-17-10-13-22-14-11-17/h1-5,8-14,19H,6-7,15H2,(H,22,24). The molecule has 0 spiro atoms. The zero-order valence-corrected chi connectivity index (χ0v) is 16.4. The van der Waals surface area contributed by atoms with E-state index in [9.17, 15) is 13.2 Å². The Morgan fingerprint density at radius 1 is 1.00 bits per heavy atom. The maximum absolute atomic E-state index is 13.0. The fourth-order valence-electron chi connectivity index (χ4n) is 3.00. The van der Waals surface area contributed by atoms with Crippen LogP contribution in [0.15, 0.2) is 78.1 Å². The molecule has 1 aliphatic carbocycles. The van der Waals surface area contributed by atoms with Crippen molar-refractivity contribution < 1.29 is 13.2 Å². The number of benzene rings is 1. The minimum atomic E-state index is -3.74. The predicted octanol–water partition coefficient (Wildman–Crippen LogP) is 3.08. The monoisotopic (exact) mass is 408 g/mol. The molecule has 148 valence electrons. The summed E-state index contributed by atoms with van der Waals surface area (Å²) in [6.45, 7) is 0.438. The van der Waals surface area contributed by atoms with Gasteiger partial charge in [0.2, 0.25) is 0 Å². The first-order chi connectivity index (χ1) is 14.0. The summed E-state index contributed by atoms with van der Waals surface area (Å²) in [4.78, 5) is 23.1. The number of amides is 1. The lowest BCUT2D eigenvalue weighted by atomic mass is 10.2. The quantitative estimate of drug-likeness (QED) is 0.649. The molecule has 0 bridgehead atoms. The summed E-state index contributed by atoms with van der Waals surface area (Å²) in [5.41, 5.74) is 1.71. The smallest absolute Gasteiger partial charge is 0.261 e. The lowest BCUT2D eigenvalue weighted by molar-refractivity contribution is 0.0727. The molecule has 0 saturated heterocycles. The first-order valence-corrected chi connectivity index (χ1v) is 10.7. The molecule has 1 saturated carbocycles. The number of nitrogens with zero attached hydrogens (tertiary/aromatic N) is 3. The van der Waals surface area contributed by atoms with Gasteiger partial charge in [-0.1, -0.05) is 6.07 Å². The van der Waals surface area contributed by atoms with Crippen molar-refractivity contribution in [1.29, 1.82) is 0 Å². The lowest BCUT2D eigenvalue weighted by Gasteiger charge is -2.22. The highest BCUT2D eigenvalue weighted by atomic mass is 32.2. The molecule has 7 nitrogen and oxygen atoms in total. The number of nitrogens with one attached hydrogen (secondary N) is 1. The molecule has 1 amide bonds. The number of anilines is 1. The van der Waals surface area contributed by atoms with E-state index in [1.54, 1.807) is 35.4 Å². The third-order valence-electron chi connectivity index (χ3n) is 4.65. The van der Waals surface area contributed by atoms with Crippen molar-refractivity contribution in [2.24, 2.45) is 0 Å². The first-order valence-electron chi connectivity index (χ1n) is 9.27. The third kappa shape index (κ3) is 4.60. The molecule has 3 aromatic rings. The Morgan fingerprint density at radius 3 is 2.34 bits per heavy atom. The SMILES string of the molecule is O=C(c1ccc(S(=O)(=O)Nc2ccncc2)cc1)N(Cc1ccccn1)C1CC1. The van der Waals surface area contributed by atoms with Gasteiger partial charge in [-0.05, 0) is 61.4 Å². The van der Waals surface area contributed by atoms with Gasteiger partial charge in [-0.2, -0.15) is 0 Å². The van der Waals surface area contributed by atoms with E-state index in [0.29, 0.717) is 17.8 Å². The highest BCUT2D eigenvalue weighted by Gasteiger charge is 2.33. The van der Waals surface area contributed by atoms with Gasteiger partial charge in [0, 0.05) is 30.2 Å². The van der Waals surface area contributed by atoms with Gasteiger partial charge in [0.25, 0.3) is 15.9 Å². The molecule has 2 heterocycles. The number of sulfonamides is 1. The third-order valence-corrected chi connectivity index (χ3v) is 6.05. The van der Waals surface area contributed by atoms with Crippen LogP contribution in [-0.4, -0.2) is 35.2 Å². The van der Waals surface area contributed by atoms with E-state index in [1.807, 2.05) is 18.2 Å². The van der Waals surface area contributed by atoms with Gasteiger partial charge in [0.15, 0.2) is 0 Å². The van der Waals surface area contributed by atoms with Gasteiger partial charge >= 0.3 is 0 Å². The van der Waals surface area contributed by atoms with Gasteiger partial charge in [-0.15, -0.1) is 0 Å². The van der Waals surface area contributed by atoms with Crippen LogP contribution >= 0.6 is 0 Å². The zero-order chi connectivity index (χ0) is 20.3. The van der Waals surface area contributed by atoms with Gasteiger partial charge in [0.05, 0.1) is 22.8 Å². The molecule has 8 heteroatoms. The van der Waals surface area contributed by atoms with Crippen LogP contribution in [0.1, 0.15) is 28.9 Å².